The fraction of sp³-hybridized carbons (Fsp3) is 0.533. The predicted octanol–water partition coefficient (Wildman–Crippen LogP) is 2.15. The van der Waals surface area contributed by atoms with Crippen LogP contribution in [0.4, 0.5) is 5.69 Å². The number of nitrogen functional groups attached to an aromatic ring is 1. The molecule has 1 aliphatic carbocycles. The quantitative estimate of drug-likeness (QED) is 0.829. The van der Waals surface area contributed by atoms with Gasteiger partial charge in [-0.1, -0.05) is 12.5 Å². The second-order valence-corrected chi connectivity index (χ2v) is 5.59. The Bertz CT molecular complexity index is 489. The Labute approximate surface area is 113 Å². The fourth-order valence-corrected chi connectivity index (χ4v) is 3.52. The average Bonchev–Trinajstić information content (AvgIpc) is 2.98. The topological polar surface area (TPSA) is 55.6 Å². The van der Waals surface area contributed by atoms with Gasteiger partial charge in [0.25, 0.3) is 5.91 Å². The highest BCUT2D eigenvalue weighted by molar-refractivity contribution is 5.98. The zero-order valence-corrected chi connectivity index (χ0v) is 11.3. The number of rotatable bonds is 2. The van der Waals surface area contributed by atoms with Gasteiger partial charge in [-0.3, -0.25) is 4.79 Å². The molecule has 2 atom stereocenters. The summed E-state index contributed by atoms with van der Waals surface area (Å²) in [6, 6.07) is 5.36. The molecule has 4 nitrogen and oxygen atoms in total. The van der Waals surface area contributed by atoms with Crippen molar-refractivity contribution >= 4 is 11.6 Å². The van der Waals surface area contributed by atoms with E-state index in [1.54, 1.807) is 19.2 Å². The number of para-hydroxylation sites is 1. The molecule has 1 saturated heterocycles. The number of ether oxygens (including phenoxy) is 1. The summed E-state index contributed by atoms with van der Waals surface area (Å²) in [4.78, 5) is 14.6. The summed E-state index contributed by atoms with van der Waals surface area (Å²) in [5.41, 5.74) is 6.97. The standard InChI is InChI=1S/C15H20N2O2/c1-19-14-12(6-3-7-13(14)16)15(18)17-8-10-4-2-5-11(10)9-17/h3,6-7,10-11H,2,4-5,8-9,16H2,1H3. The number of anilines is 1. The van der Waals surface area contributed by atoms with E-state index >= 15 is 0 Å². The van der Waals surface area contributed by atoms with Crippen LogP contribution in [0.5, 0.6) is 5.75 Å². The molecule has 1 aromatic rings. The van der Waals surface area contributed by atoms with E-state index in [0.717, 1.165) is 13.1 Å². The minimum atomic E-state index is 0.0542. The molecule has 102 valence electrons. The molecule has 4 heteroatoms. The monoisotopic (exact) mass is 260 g/mol. The van der Waals surface area contributed by atoms with Crippen LogP contribution in [0.25, 0.3) is 0 Å². The van der Waals surface area contributed by atoms with Gasteiger partial charge in [-0.15, -0.1) is 0 Å². The van der Waals surface area contributed by atoms with Gasteiger partial charge in [0.1, 0.15) is 0 Å². The molecule has 3 rings (SSSR count). The lowest BCUT2D eigenvalue weighted by atomic mass is 10.0. The second-order valence-electron chi connectivity index (χ2n) is 5.59. The van der Waals surface area contributed by atoms with Gasteiger partial charge >= 0.3 is 0 Å². The van der Waals surface area contributed by atoms with Crippen molar-refractivity contribution in [1.82, 2.24) is 4.90 Å². The van der Waals surface area contributed by atoms with Gasteiger partial charge in [-0.05, 0) is 36.8 Å². The van der Waals surface area contributed by atoms with Crippen molar-refractivity contribution in [3.63, 3.8) is 0 Å². The lowest BCUT2D eigenvalue weighted by molar-refractivity contribution is 0.0777. The third kappa shape index (κ3) is 2.05. The third-order valence-electron chi connectivity index (χ3n) is 4.49. The van der Waals surface area contributed by atoms with Crippen LogP contribution in [-0.4, -0.2) is 31.0 Å². The van der Waals surface area contributed by atoms with Gasteiger partial charge in [0.2, 0.25) is 0 Å². The Morgan fingerprint density at radius 2 is 2.00 bits per heavy atom. The summed E-state index contributed by atoms with van der Waals surface area (Å²) < 4.78 is 5.28. The summed E-state index contributed by atoms with van der Waals surface area (Å²) >= 11 is 0. The molecule has 2 fully saturated rings. The number of fused-ring (bicyclic) bond motifs is 1. The van der Waals surface area contributed by atoms with Gasteiger partial charge < -0.3 is 15.4 Å². The number of nitrogens with two attached hydrogens (primary N) is 1. The van der Waals surface area contributed by atoms with Crippen LogP contribution in [0.3, 0.4) is 0 Å². The van der Waals surface area contributed by atoms with Crippen LogP contribution in [0, 0.1) is 11.8 Å². The first kappa shape index (κ1) is 12.3. The number of nitrogens with zero attached hydrogens (tertiary/aromatic N) is 1. The molecule has 0 radical (unpaired) electrons. The zero-order valence-electron chi connectivity index (χ0n) is 11.3. The summed E-state index contributed by atoms with van der Waals surface area (Å²) in [7, 11) is 1.56. The smallest absolute Gasteiger partial charge is 0.257 e. The number of methoxy groups -OCH3 is 1. The molecule has 2 aliphatic rings. The molecule has 2 N–H and O–H groups in total. The van der Waals surface area contributed by atoms with Crippen molar-refractivity contribution in [1.29, 1.82) is 0 Å². The number of hydrogen-bond donors (Lipinski definition) is 1. The molecule has 1 heterocycles. The molecule has 2 unspecified atom stereocenters. The Hall–Kier alpha value is -1.71. The van der Waals surface area contributed by atoms with Crippen molar-refractivity contribution in [3.8, 4) is 5.75 Å². The van der Waals surface area contributed by atoms with E-state index in [2.05, 4.69) is 0 Å². The molecule has 0 bridgehead atoms. The maximum atomic E-state index is 12.6. The Morgan fingerprint density at radius 1 is 1.32 bits per heavy atom. The largest absolute Gasteiger partial charge is 0.494 e. The van der Waals surface area contributed by atoms with Crippen molar-refractivity contribution in [2.45, 2.75) is 19.3 Å². The number of amides is 1. The number of likely N-dealkylation sites (tertiary alicyclic amines) is 1. The first-order valence-electron chi connectivity index (χ1n) is 6.92. The Balaban J connectivity index is 1.83. The van der Waals surface area contributed by atoms with E-state index in [4.69, 9.17) is 10.5 Å². The van der Waals surface area contributed by atoms with Crippen LogP contribution >= 0.6 is 0 Å². The average molecular weight is 260 g/mol. The van der Waals surface area contributed by atoms with E-state index in [1.807, 2.05) is 11.0 Å². The minimum Gasteiger partial charge on any atom is -0.494 e. The van der Waals surface area contributed by atoms with Crippen molar-refractivity contribution in [2.24, 2.45) is 11.8 Å². The maximum Gasteiger partial charge on any atom is 0.257 e. The van der Waals surface area contributed by atoms with Crippen molar-refractivity contribution in [2.75, 3.05) is 25.9 Å². The van der Waals surface area contributed by atoms with Crippen LogP contribution in [-0.2, 0) is 0 Å². The second kappa shape index (κ2) is 4.76. The molecule has 19 heavy (non-hydrogen) atoms. The fourth-order valence-electron chi connectivity index (χ4n) is 3.52. The highest BCUT2D eigenvalue weighted by Gasteiger charge is 2.38. The van der Waals surface area contributed by atoms with E-state index in [-0.39, 0.29) is 5.91 Å². The molecular formula is C15H20N2O2. The highest BCUT2D eigenvalue weighted by Crippen LogP contribution is 2.39. The first-order chi connectivity index (χ1) is 9.20. The van der Waals surface area contributed by atoms with Crippen LogP contribution in [0.15, 0.2) is 18.2 Å². The predicted molar refractivity (Wildman–Crippen MR) is 74.1 cm³/mol. The normalized spacial score (nSPS) is 25.4. The number of benzene rings is 1. The van der Waals surface area contributed by atoms with Gasteiger partial charge in [0.05, 0.1) is 18.4 Å². The van der Waals surface area contributed by atoms with Gasteiger partial charge in [-0.2, -0.15) is 0 Å². The van der Waals surface area contributed by atoms with Gasteiger partial charge in [0, 0.05) is 13.1 Å². The van der Waals surface area contributed by atoms with E-state index < -0.39 is 0 Å². The van der Waals surface area contributed by atoms with Crippen LogP contribution < -0.4 is 10.5 Å². The van der Waals surface area contributed by atoms with E-state index in [1.165, 1.54) is 19.3 Å². The van der Waals surface area contributed by atoms with E-state index in [0.29, 0.717) is 28.8 Å². The van der Waals surface area contributed by atoms with Gasteiger partial charge in [-0.25, -0.2) is 0 Å². The summed E-state index contributed by atoms with van der Waals surface area (Å²) in [6.45, 7) is 1.78. The third-order valence-corrected chi connectivity index (χ3v) is 4.49. The summed E-state index contributed by atoms with van der Waals surface area (Å²) in [6.07, 6.45) is 3.85. The molecule has 0 aromatic heterocycles. The molecule has 1 saturated carbocycles. The molecule has 1 aromatic carbocycles. The van der Waals surface area contributed by atoms with Crippen LogP contribution in [0.1, 0.15) is 29.6 Å². The molecular weight excluding hydrogens is 240 g/mol. The molecule has 1 aliphatic heterocycles. The highest BCUT2D eigenvalue weighted by atomic mass is 16.5. The SMILES string of the molecule is COc1c(N)cccc1C(=O)N1CC2CCCC2C1. The van der Waals surface area contributed by atoms with E-state index in [9.17, 15) is 4.79 Å². The van der Waals surface area contributed by atoms with Gasteiger partial charge in [0.15, 0.2) is 5.75 Å². The number of carbonyl (C=O) groups is 1. The molecule has 1 amide bonds. The number of carbonyl (C=O) groups excluding carboxylic acids is 1. The lowest BCUT2D eigenvalue weighted by Gasteiger charge is -2.19. The number of hydrogen-bond acceptors (Lipinski definition) is 3. The molecule has 0 spiro atoms. The maximum absolute atomic E-state index is 12.6. The van der Waals surface area contributed by atoms with Crippen molar-refractivity contribution in [3.05, 3.63) is 23.8 Å². The minimum absolute atomic E-state index is 0.0542. The van der Waals surface area contributed by atoms with Crippen LogP contribution in [0.2, 0.25) is 0 Å². The lowest BCUT2D eigenvalue weighted by Crippen LogP contribution is -2.30. The van der Waals surface area contributed by atoms with Crippen molar-refractivity contribution < 1.29 is 9.53 Å². The summed E-state index contributed by atoms with van der Waals surface area (Å²) in [5.74, 6) is 1.97. The zero-order chi connectivity index (χ0) is 13.4. The summed E-state index contributed by atoms with van der Waals surface area (Å²) in [5, 5.41) is 0. The first-order valence-corrected chi connectivity index (χ1v) is 6.92. The Morgan fingerprint density at radius 3 is 2.63 bits per heavy atom. The Kier molecular flexibility index (Phi) is 3.09.